The highest BCUT2D eigenvalue weighted by molar-refractivity contribution is 8.18. The van der Waals surface area contributed by atoms with Crippen molar-refractivity contribution in [3.05, 3.63) is 68.6 Å². The van der Waals surface area contributed by atoms with Crippen molar-refractivity contribution in [3.8, 4) is 11.5 Å². The number of amides is 2. The van der Waals surface area contributed by atoms with Gasteiger partial charge in [0, 0.05) is 23.3 Å². The summed E-state index contributed by atoms with van der Waals surface area (Å²) >= 11 is 0.793. The smallest absolute Gasteiger partial charge is 0.293 e. The van der Waals surface area contributed by atoms with Crippen molar-refractivity contribution in [2.24, 2.45) is 0 Å². The Bertz CT molecular complexity index is 1020. The minimum absolute atomic E-state index is 0.134. The molecule has 0 saturated carbocycles. The number of hydrogen-bond donors (Lipinski definition) is 0. The zero-order chi connectivity index (χ0) is 21.7. The van der Waals surface area contributed by atoms with Gasteiger partial charge in [0.15, 0.2) is 0 Å². The van der Waals surface area contributed by atoms with Crippen molar-refractivity contribution in [2.75, 3.05) is 13.2 Å². The van der Waals surface area contributed by atoms with Crippen LogP contribution in [0.25, 0.3) is 6.08 Å². The van der Waals surface area contributed by atoms with Gasteiger partial charge in [-0.3, -0.25) is 24.6 Å². The zero-order valence-corrected chi connectivity index (χ0v) is 17.3. The molecule has 3 rings (SSSR count). The maximum Gasteiger partial charge on any atom is 0.293 e. The Labute approximate surface area is 177 Å². The van der Waals surface area contributed by atoms with Gasteiger partial charge in [0.2, 0.25) is 0 Å². The summed E-state index contributed by atoms with van der Waals surface area (Å²) in [4.78, 5) is 37.2. The second kappa shape index (κ2) is 9.45. The van der Waals surface area contributed by atoms with E-state index in [0.29, 0.717) is 35.8 Å². The lowest BCUT2D eigenvalue weighted by Gasteiger charge is -2.13. The first-order chi connectivity index (χ1) is 14.4. The molecular weight excluding hydrogens is 408 g/mol. The van der Waals surface area contributed by atoms with E-state index in [9.17, 15) is 19.7 Å². The van der Waals surface area contributed by atoms with Gasteiger partial charge in [-0.2, -0.15) is 0 Å². The molecule has 2 amide bonds. The first-order valence-electron chi connectivity index (χ1n) is 9.31. The quantitative estimate of drug-likeness (QED) is 0.343. The Morgan fingerprint density at radius 1 is 1.10 bits per heavy atom. The molecule has 1 fully saturated rings. The molecule has 1 heterocycles. The number of carbonyl (C=O) groups is 2. The third-order valence-electron chi connectivity index (χ3n) is 4.27. The molecule has 8 nitrogen and oxygen atoms in total. The molecule has 156 valence electrons. The number of thioether (sulfide) groups is 1. The maximum atomic E-state index is 12.8. The average Bonchev–Trinajstić information content (AvgIpc) is 2.98. The molecule has 1 aliphatic heterocycles. The molecule has 1 saturated heterocycles. The van der Waals surface area contributed by atoms with E-state index in [1.165, 1.54) is 18.2 Å². The Hall–Kier alpha value is -3.33. The molecule has 0 bridgehead atoms. The van der Waals surface area contributed by atoms with E-state index in [1.54, 1.807) is 30.3 Å². The van der Waals surface area contributed by atoms with Gasteiger partial charge in [-0.25, -0.2) is 0 Å². The normalized spacial score (nSPS) is 15.0. The molecule has 0 N–H and O–H groups in total. The number of hydrogen-bond acceptors (Lipinski definition) is 7. The Balaban J connectivity index is 1.88. The minimum Gasteiger partial charge on any atom is -0.494 e. The summed E-state index contributed by atoms with van der Waals surface area (Å²) in [6.45, 7) is 4.49. The van der Waals surface area contributed by atoms with E-state index in [1.807, 2.05) is 13.8 Å². The molecule has 1 aliphatic rings. The van der Waals surface area contributed by atoms with Gasteiger partial charge in [0.1, 0.15) is 11.5 Å². The highest BCUT2D eigenvalue weighted by atomic mass is 32.2. The fraction of sp³-hybridized carbons (Fsp3) is 0.238. The minimum atomic E-state index is -0.529. The van der Waals surface area contributed by atoms with Gasteiger partial charge in [-0.1, -0.05) is 18.2 Å². The van der Waals surface area contributed by atoms with Gasteiger partial charge in [-0.05, 0) is 43.8 Å². The molecule has 0 unspecified atom stereocenters. The third-order valence-corrected chi connectivity index (χ3v) is 5.18. The van der Waals surface area contributed by atoms with Crippen LogP contribution in [0, 0.1) is 10.1 Å². The van der Waals surface area contributed by atoms with Crippen LogP contribution in [0.15, 0.2) is 47.4 Å². The molecule has 9 heteroatoms. The number of para-hydroxylation sites is 1. The first kappa shape index (κ1) is 21.4. The summed E-state index contributed by atoms with van der Waals surface area (Å²) in [6.07, 6.45) is 1.59. The number of imide groups is 1. The van der Waals surface area contributed by atoms with Crippen LogP contribution < -0.4 is 9.47 Å². The van der Waals surface area contributed by atoms with Crippen molar-refractivity contribution in [1.29, 1.82) is 0 Å². The topological polar surface area (TPSA) is 99.0 Å². The SMILES string of the molecule is CCOc1ccc(/C=C2/SC(=O)N(Cc3ccccc3[N+](=O)[O-])C2=O)c(OCC)c1. The number of nitrogens with zero attached hydrogens (tertiary/aromatic N) is 2. The summed E-state index contributed by atoms with van der Waals surface area (Å²) in [5, 5.41) is 10.7. The monoisotopic (exact) mass is 428 g/mol. The molecular formula is C21H20N2O6S. The van der Waals surface area contributed by atoms with E-state index in [2.05, 4.69) is 0 Å². The molecule has 0 spiro atoms. The van der Waals surface area contributed by atoms with Crippen LogP contribution in [0.1, 0.15) is 25.0 Å². The van der Waals surface area contributed by atoms with Crippen molar-refractivity contribution < 1.29 is 24.0 Å². The van der Waals surface area contributed by atoms with Gasteiger partial charge in [0.25, 0.3) is 16.8 Å². The predicted molar refractivity (Wildman–Crippen MR) is 113 cm³/mol. The number of nitro benzene ring substituents is 1. The summed E-state index contributed by atoms with van der Waals surface area (Å²) in [7, 11) is 0. The lowest BCUT2D eigenvalue weighted by Crippen LogP contribution is -2.27. The number of carbonyl (C=O) groups excluding carboxylic acids is 2. The van der Waals surface area contributed by atoms with E-state index >= 15 is 0 Å². The number of ether oxygens (including phenoxy) is 2. The van der Waals surface area contributed by atoms with Crippen LogP contribution in [0.3, 0.4) is 0 Å². The highest BCUT2D eigenvalue weighted by Gasteiger charge is 2.36. The second-order valence-corrected chi connectivity index (χ2v) is 7.21. The Morgan fingerprint density at radius 2 is 1.83 bits per heavy atom. The van der Waals surface area contributed by atoms with E-state index in [4.69, 9.17) is 9.47 Å². The van der Waals surface area contributed by atoms with E-state index in [-0.39, 0.29) is 17.1 Å². The summed E-state index contributed by atoms with van der Waals surface area (Å²) in [5.41, 5.74) is 0.796. The van der Waals surface area contributed by atoms with Gasteiger partial charge in [-0.15, -0.1) is 0 Å². The molecule has 30 heavy (non-hydrogen) atoms. The standard InChI is InChI=1S/C21H20N2O6S/c1-3-28-16-10-9-14(18(12-16)29-4-2)11-19-20(24)22(21(25)30-19)13-15-7-5-6-8-17(15)23(26)27/h5-12H,3-4,13H2,1-2H3/b19-11+. The largest absolute Gasteiger partial charge is 0.494 e. The molecule has 2 aromatic rings. The predicted octanol–water partition coefficient (Wildman–Crippen LogP) is 4.63. The van der Waals surface area contributed by atoms with Crippen molar-refractivity contribution in [3.63, 3.8) is 0 Å². The van der Waals surface area contributed by atoms with Crippen LogP contribution in [0.4, 0.5) is 10.5 Å². The lowest BCUT2D eigenvalue weighted by molar-refractivity contribution is -0.385. The Morgan fingerprint density at radius 3 is 2.53 bits per heavy atom. The van der Waals surface area contributed by atoms with Crippen molar-refractivity contribution in [1.82, 2.24) is 4.90 Å². The molecule has 0 aliphatic carbocycles. The van der Waals surface area contributed by atoms with Crippen LogP contribution in [-0.4, -0.2) is 34.2 Å². The fourth-order valence-corrected chi connectivity index (χ4v) is 3.77. The molecule has 2 aromatic carbocycles. The first-order valence-corrected chi connectivity index (χ1v) is 10.1. The number of benzene rings is 2. The van der Waals surface area contributed by atoms with Crippen LogP contribution in [-0.2, 0) is 11.3 Å². The van der Waals surface area contributed by atoms with Gasteiger partial charge in [0.05, 0.1) is 29.6 Å². The highest BCUT2D eigenvalue weighted by Crippen LogP contribution is 2.36. The van der Waals surface area contributed by atoms with Gasteiger partial charge >= 0.3 is 0 Å². The van der Waals surface area contributed by atoms with Crippen molar-refractivity contribution >= 4 is 34.7 Å². The molecule has 0 atom stereocenters. The summed E-state index contributed by atoms with van der Waals surface area (Å²) in [6, 6.07) is 11.3. The second-order valence-electron chi connectivity index (χ2n) is 6.22. The Kier molecular flexibility index (Phi) is 6.73. The van der Waals surface area contributed by atoms with E-state index in [0.717, 1.165) is 16.7 Å². The van der Waals surface area contributed by atoms with Crippen LogP contribution in [0.5, 0.6) is 11.5 Å². The van der Waals surface area contributed by atoms with E-state index < -0.39 is 16.1 Å². The number of nitro groups is 1. The summed E-state index contributed by atoms with van der Waals surface area (Å²) < 4.78 is 11.1. The third kappa shape index (κ3) is 4.62. The lowest BCUT2D eigenvalue weighted by atomic mass is 10.1. The van der Waals surface area contributed by atoms with Crippen molar-refractivity contribution in [2.45, 2.75) is 20.4 Å². The van der Waals surface area contributed by atoms with Gasteiger partial charge < -0.3 is 9.47 Å². The molecule has 0 aromatic heterocycles. The number of rotatable bonds is 8. The summed E-state index contributed by atoms with van der Waals surface area (Å²) in [5.74, 6) is 0.677. The maximum absolute atomic E-state index is 12.8. The van der Waals surface area contributed by atoms with Crippen LogP contribution in [0.2, 0.25) is 0 Å². The zero-order valence-electron chi connectivity index (χ0n) is 16.5. The van der Waals surface area contributed by atoms with Crippen LogP contribution >= 0.6 is 11.8 Å². The molecule has 0 radical (unpaired) electrons. The average molecular weight is 428 g/mol. The fourth-order valence-electron chi connectivity index (χ4n) is 2.94.